The van der Waals surface area contributed by atoms with Crippen LogP contribution in [0.25, 0.3) is 11.3 Å². The Morgan fingerprint density at radius 3 is 2.59 bits per heavy atom. The fraction of sp³-hybridized carbons (Fsp3) is 0.487. The van der Waals surface area contributed by atoms with Crippen molar-refractivity contribution in [1.29, 1.82) is 0 Å². The number of piperazine rings is 1. The van der Waals surface area contributed by atoms with Crippen LogP contribution in [0, 0.1) is 5.92 Å². The molecule has 1 aromatic heterocycles. The van der Waals surface area contributed by atoms with Crippen LogP contribution < -0.4 is 20.4 Å². The summed E-state index contributed by atoms with van der Waals surface area (Å²) in [7, 11) is 0. The van der Waals surface area contributed by atoms with E-state index in [0.29, 0.717) is 69.1 Å². The summed E-state index contributed by atoms with van der Waals surface area (Å²) in [5.41, 5.74) is 4.68. The number of para-hydroxylation sites is 1. The van der Waals surface area contributed by atoms with Gasteiger partial charge in [-0.2, -0.15) is 0 Å². The lowest BCUT2D eigenvalue weighted by Crippen LogP contribution is -2.60. The zero-order valence-corrected chi connectivity index (χ0v) is 30.2. The van der Waals surface area contributed by atoms with Gasteiger partial charge in [-0.3, -0.25) is 24.5 Å². The van der Waals surface area contributed by atoms with Crippen LogP contribution in [0.15, 0.2) is 48.5 Å². The van der Waals surface area contributed by atoms with Crippen molar-refractivity contribution < 1.29 is 29.0 Å². The summed E-state index contributed by atoms with van der Waals surface area (Å²) < 4.78 is 6.21. The number of aromatic hydroxyl groups is 1. The minimum atomic E-state index is -0.627. The molecule has 0 bridgehead atoms. The molecule has 3 atom stereocenters. The van der Waals surface area contributed by atoms with Gasteiger partial charge >= 0.3 is 0 Å². The molecule has 7 heterocycles. The van der Waals surface area contributed by atoms with Crippen molar-refractivity contribution in [3.8, 4) is 17.0 Å². The third kappa shape index (κ3) is 6.48. The van der Waals surface area contributed by atoms with Crippen LogP contribution in [0.5, 0.6) is 5.75 Å². The number of rotatable bonds is 6. The predicted octanol–water partition coefficient (Wildman–Crippen LogP) is 1.67. The van der Waals surface area contributed by atoms with Gasteiger partial charge in [-0.1, -0.05) is 18.2 Å². The highest BCUT2D eigenvalue weighted by Crippen LogP contribution is 2.37. The fourth-order valence-electron chi connectivity index (χ4n) is 9.02. The van der Waals surface area contributed by atoms with E-state index >= 15 is 0 Å². The summed E-state index contributed by atoms with van der Waals surface area (Å²) in [4.78, 5) is 62.0. The number of imide groups is 1. The molecule has 6 aliphatic rings. The number of nitrogens with zero attached hydrogens (tertiary/aromatic N) is 7. The number of phenols is 1. The summed E-state index contributed by atoms with van der Waals surface area (Å²) in [6.07, 6.45) is 2.21. The molecule has 15 heteroatoms. The van der Waals surface area contributed by atoms with E-state index in [4.69, 9.17) is 4.74 Å². The standard InChI is InChI=1S/C39H45N9O6/c49-34-4-2-1-3-29(34)31-18-33-36(43-42-31)40-19-27-21-46(13-14-47(27)33)38(52)24-9-11-44(12-10-24)22-28-23-45(15-16-54-28)26-6-5-25-20-48(39(53)30(25)17-26)32-7-8-35(50)41-37(32)51/h1-6,17-18,24,27-28,32,49H,7-16,19-23H2,(H,40,43)(H,41,50,51)/t27-,28?,32?/m0/s1. The van der Waals surface area contributed by atoms with E-state index in [1.54, 1.807) is 17.0 Å². The number of anilines is 3. The van der Waals surface area contributed by atoms with Gasteiger partial charge in [0.05, 0.1) is 30.1 Å². The summed E-state index contributed by atoms with van der Waals surface area (Å²) >= 11 is 0. The van der Waals surface area contributed by atoms with E-state index in [0.717, 1.165) is 61.8 Å². The largest absolute Gasteiger partial charge is 0.507 e. The Kier molecular flexibility index (Phi) is 9.05. The van der Waals surface area contributed by atoms with E-state index in [1.807, 2.05) is 41.3 Å². The number of phenolic OH excluding ortho intramolecular Hbond substituents is 1. The highest BCUT2D eigenvalue weighted by atomic mass is 16.5. The molecule has 0 saturated carbocycles. The number of carbonyl (C=O) groups excluding carboxylic acids is 4. The molecule has 2 unspecified atom stereocenters. The predicted molar refractivity (Wildman–Crippen MR) is 199 cm³/mol. The molecular formula is C39H45N9O6. The quantitative estimate of drug-likeness (QED) is 0.315. The van der Waals surface area contributed by atoms with Gasteiger partial charge in [0, 0.05) is 81.5 Å². The number of piperidine rings is 2. The number of amides is 4. The highest BCUT2D eigenvalue weighted by Gasteiger charge is 2.40. The first kappa shape index (κ1) is 34.5. The summed E-state index contributed by atoms with van der Waals surface area (Å²) in [6.45, 7) is 7.52. The molecule has 0 aliphatic carbocycles. The Morgan fingerprint density at radius 1 is 0.907 bits per heavy atom. The zero-order valence-electron chi connectivity index (χ0n) is 30.2. The number of fused-ring (bicyclic) bond motifs is 4. The number of aromatic nitrogens is 2. The summed E-state index contributed by atoms with van der Waals surface area (Å²) in [5.74, 6) is 0.274. The Morgan fingerprint density at radius 2 is 1.76 bits per heavy atom. The smallest absolute Gasteiger partial charge is 0.255 e. The topological polar surface area (TPSA) is 164 Å². The lowest BCUT2D eigenvalue weighted by Gasteiger charge is -2.46. The molecule has 4 saturated heterocycles. The summed E-state index contributed by atoms with van der Waals surface area (Å²) in [5, 5.41) is 24.9. The Balaban J connectivity index is 0.767. The SMILES string of the molecule is O=C1CCC(N2Cc3ccc(N4CCOC(CN5CCC(C(=O)N6CCN7c8cc(-c9ccccc9O)nnc8NC[C@H]7C6)CC5)C4)cc3C2=O)C(=O)N1. The lowest BCUT2D eigenvalue weighted by atomic mass is 9.94. The van der Waals surface area contributed by atoms with Crippen molar-refractivity contribution in [3.63, 3.8) is 0 Å². The van der Waals surface area contributed by atoms with Gasteiger partial charge in [-0.15, -0.1) is 10.2 Å². The molecule has 2 aromatic carbocycles. The lowest BCUT2D eigenvalue weighted by molar-refractivity contribution is -0.138. The Hall–Kier alpha value is -5.28. The molecule has 4 fully saturated rings. The first-order chi connectivity index (χ1) is 26.3. The van der Waals surface area contributed by atoms with Gasteiger partial charge in [0.15, 0.2) is 5.82 Å². The second kappa shape index (κ2) is 14.2. The van der Waals surface area contributed by atoms with Crippen molar-refractivity contribution in [2.24, 2.45) is 5.92 Å². The van der Waals surface area contributed by atoms with Gasteiger partial charge in [0.1, 0.15) is 11.8 Å². The molecule has 0 spiro atoms. The molecule has 0 radical (unpaired) electrons. The molecule has 15 nitrogen and oxygen atoms in total. The first-order valence-electron chi connectivity index (χ1n) is 19.1. The average Bonchev–Trinajstić information content (AvgIpc) is 3.52. The summed E-state index contributed by atoms with van der Waals surface area (Å²) in [6, 6.07) is 14.6. The van der Waals surface area contributed by atoms with E-state index in [2.05, 4.69) is 35.5 Å². The van der Waals surface area contributed by atoms with Gasteiger partial charge in [-0.05, 0) is 68.2 Å². The normalized spacial score (nSPS) is 24.8. The number of carbonyl (C=O) groups is 4. The van der Waals surface area contributed by atoms with Crippen molar-refractivity contribution >= 4 is 40.8 Å². The highest BCUT2D eigenvalue weighted by molar-refractivity contribution is 6.05. The third-order valence-electron chi connectivity index (χ3n) is 12.0. The third-order valence-corrected chi connectivity index (χ3v) is 12.0. The van der Waals surface area contributed by atoms with Crippen LogP contribution >= 0.6 is 0 Å². The average molecular weight is 736 g/mol. The van der Waals surface area contributed by atoms with Crippen LogP contribution in [0.4, 0.5) is 17.2 Å². The molecule has 3 N–H and O–H groups in total. The number of hydrogen-bond donors (Lipinski definition) is 3. The Labute approximate surface area is 313 Å². The molecule has 282 valence electrons. The van der Waals surface area contributed by atoms with Crippen molar-refractivity contribution in [2.75, 3.05) is 80.6 Å². The van der Waals surface area contributed by atoms with Gasteiger partial charge in [-0.25, -0.2) is 0 Å². The second-order valence-corrected chi connectivity index (χ2v) is 15.2. The number of hydrogen-bond acceptors (Lipinski definition) is 12. The van der Waals surface area contributed by atoms with Crippen molar-refractivity contribution in [2.45, 2.75) is 50.4 Å². The maximum Gasteiger partial charge on any atom is 0.255 e. The number of ether oxygens (including phenoxy) is 1. The van der Waals surface area contributed by atoms with Gasteiger partial charge in [0.2, 0.25) is 17.7 Å². The van der Waals surface area contributed by atoms with Crippen LogP contribution in [0.2, 0.25) is 0 Å². The van der Waals surface area contributed by atoms with Crippen LogP contribution in [0.1, 0.15) is 41.6 Å². The van der Waals surface area contributed by atoms with E-state index in [1.165, 1.54) is 0 Å². The molecule has 9 rings (SSSR count). The van der Waals surface area contributed by atoms with Crippen molar-refractivity contribution in [3.05, 3.63) is 59.7 Å². The zero-order chi connectivity index (χ0) is 36.9. The van der Waals surface area contributed by atoms with E-state index in [9.17, 15) is 24.3 Å². The monoisotopic (exact) mass is 735 g/mol. The minimum Gasteiger partial charge on any atom is -0.507 e. The molecular weight excluding hydrogens is 690 g/mol. The van der Waals surface area contributed by atoms with Crippen LogP contribution in [0.3, 0.4) is 0 Å². The molecule has 3 aromatic rings. The molecule has 4 amide bonds. The maximum absolute atomic E-state index is 13.8. The second-order valence-electron chi connectivity index (χ2n) is 15.2. The number of morpholine rings is 1. The van der Waals surface area contributed by atoms with Crippen molar-refractivity contribution in [1.82, 2.24) is 30.2 Å². The van der Waals surface area contributed by atoms with E-state index in [-0.39, 0.29) is 48.0 Å². The number of nitrogens with one attached hydrogen (secondary N) is 2. The maximum atomic E-state index is 13.8. The van der Waals surface area contributed by atoms with Gasteiger partial charge in [0.25, 0.3) is 5.91 Å². The fourth-order valence-corrected chi connectivity index (χ4v) is 9.02. The minimum absolute atomic E-state index is 0.000692. The molecule has 54 heavy (non-hydrogen) atoms. The molecule has 6 aliphatic heterocycles. The van der Waals surface area contributed by atoms with Gasteiger partial charge < -0.3 is 39.7 Å². The number of benzene rings is 2. The number of likely N-dealkylation sites (tertiary alicyclic amines) is 1. The Bertz CT molecular complexity index is 1990. The van der Waals surface area contributed by atoms with E-state index < -0.39 is 11.9 Å². The first-order valence-corrected chi connectivity index (χ1v) is 19.1. The van der Waals surface area contributed by atoms with Crippen LogP contribution in [-0.2, 0) is 25.7 Å². The van der Waals surface area contributed by atoms with Crippen LogP contribution in [-0.4, -0.2) is 137 Å².